The number of carboxylic acids is 1. The molecule has 1 aromatic rings. The standard InChI is InChI=1S/C13H16ClNO5S/c1-8-13(2,5-6-20-8)15-21(18,19)11-7-9(12(16)17)3-4-10(11)14/h3-4,7-8,15H,5-6H2,1-2H3,(H,16,17). The molecule has 0 bridgehead atoms. The maximum Gasteiger partial charge on any atom is 0.335 e. The Morgan fingerprint density at radius 2 is 2.19 bits per heavy atom. The number of benzene rings is 1. The smallest absolute Gasteiger partial charge is 0.335 e. The zero-order valence-corrected chi connectivity index (χ0v) is 13.2. The number of carbonyl (C=O) groups is 1. The maximum atomic E-state index is 12.5. The second-order valence-corrected chi connectivity index (χ2v) is 7.29. The summed E-state index contributed by atoms with van der Waals surface area (Å²) in [6, 6.07) is 3.57. The van der Waals surface area contributed by atoms with Gasteiger partial charge < -0.3 is 9.84 Å². The van der Waals surface area contributed by atoms with Crippen LogP contribution in [0.5, 0.6) is 0 Å². The van der Waals surface area contributed by atoms with E-state index in [1.165, 1.54) is 12.1 Å². The summed E-state index contributed by atoms with van der Waals surface area (Å²) in [5.74, 6) is -1.22. The average Bonchev–Trinajstić information content (AvgIpc) is 2.68. The molecule has 0 aliphatic carbocycles. The van der Waals surface area contributed by atoms with Crippen molar-refractivity contribution in [1.82, 2.24) is 4.72 Å². The van der Waals surface area contributed by atoms with E-state index in [2.05, 4.69) is 4.72 Å². The van der Waals surface area contributed by atoms with Crippen molar-refractivity contribution in [2.75, 3.05) is 6.61 Å². The summed E-state index contributed by atoms with van der Waals surface area (Å²) >= 11 is 5.91. The summed E-state index contributed by atoms with van der Waals surface area (Å²) in [5.41, 5.74) is -0.887. The van der Waals surface area contributed by atoms with Crippen LogP contribution >= 0.6 is 11.6 Å². The van der Waals surface area contributed by atoms with Crippen LogP contribution in [0.1, 0.15) is 30.6 Å². The van der Waals surface area contributed by atoms with E-state index in [1.807, 2.05) is 0 Å². The van der Waals surface area contributed by atoms with Crippen LogP contribution in [0.4, 0.5) is 0 Å². The van der Waals surface area contributed by atoms with Gasteiger partial charge in [0.05, 0.1) is 22.2 Å². The lowest BCUT2D eigenvalue weighted by atomic mass is 9.97. The Balaban J connectivity index is 2.40. The molecular weight excluding hydrogens is 318 g/mol. The van der Waals surface area contributed by atoms with Gasteiger partial charge in [0.2, 0.25) is 10.0 Å². The van der Waals surface area contributed by atoms with Gasteiger partial charge in [0.25, 0.3) is 0 Å². The number of sulfonamides is 1. The van der Waals surface area contributed by atoms with Crippen molar-refractivity contribution >= 4 is 27.6 Å². The second kappa shape index (κ2) is 5.57. The number of hydrogen-bond acceptors (Lipinski definition) is 4. The van der Waals surface area contributed by atoms with Gasteiger partial charge in [-0.25, -0.2) is 17.9 Å². The van der Waals surface area contributed by atoms with E-state index in [-0.39, 0.29) is 21.6 Å². The molecule has 1 aliphatic heterocycles. The molecule has 1 aliphatic rings. The molecule has 2 rings (SSSR count). The molecule has 1 aromatic carbocycles. The van der Waals surface area contributed by atoms with E-state index in [0.29, 0.717) is 13.0 Å². The predicted octanol–water partition coefficient (Wildman–Crippen LogP) is 1.88. The second-order valence-electron chi connectivity index (χ2n) is 5.24. The summed E-state index contributed by atoms with van der Waals surface area (Å²) in [7, 11) is -3.95. The molecule has 0 radical (unpaired) electrons. The number of hydrogen-bond donors (Lipinski definition) is 2. The predicted molar refractivity (Wildman–Crippen MR) is 77.2 cm³/mol. The van der Waals surface area contributed by atoms with Gasteiger partial charge in [-0.05, 0) is 38.5 Å². The molecular formula is C13H16ClNO5S. The fourth-order valence-corrected chi connectivity index (χ4v) is 4.19. The average molecular weight is 334 g/mol. The molecule has 116 valence electrons. The largest absolute Gasteiger partial charge is 0.478 e. The summed E-state index contributed by atoms with van der Waals surface area (Å²) in [5, 5.41) is 8.94. The highest BCUT2D eigenvalue weighted by Crippen LogP contribution is 2.29. The molecule has 0 aromatic heterocycles. The number of ether oxygens (including phenoxy) is 1. The normalized spacial score (nSPS) is 26.0. The first-order chi connectivity index (χ1) is 9.66. The molecule has 6 nitrogen and oxygen atoms in total. The van der Waals surface area contributed by atoms with Crippen LogP contribution in [0.15, 0.2) is 23.1 Å². The van der Waals surface area contributed by atoms with Crippen molar-refractivity contribution in [3.05, 3.63) is 28.8 Å². The molecule has 2 atom stereocenters. The fraction of sp³-hybridized carbons (Fsp3) is 0.462. The first-order valence-corrected chi connectivity index (χ1v) is 8.20. The van der Waals surface area contributed by atoms with Crippen molar-refractivity contribution < 1.29 is 23.1 Å². The van der Waals surface area contributed by atoms with E-state index in [1.54, 1.807) is 13.8 Å². The van der Waals surface area contributed by atoms with Gasteiger partial charge in [-0.3, -0.25) is 0 Å². The quantitative estimate of drug-likeness (QED) is 0.877. The number of nitrogens with one attached hydrogen (secondary N) is 1. The van der Waals surface area contributed by atoms with Crippen molar-refractivity contribution in [3.8, 4) is 0 Å². The van der Waals surface area contributed by atoms with Gasteiger partial charge in [-0.1, -0.05) is 11.6 Å². The molecule has 0 spiro atoms. The Morgan fingerprint density at radius 1 is 1.52 bits per heavy atom. The minimum atomic E-state index is -3.95. The van der Waals surface area contributed by atoms with Gasteiger partial charge in [0.15, 0.2) is 0 Å². The van der Waals surface area contributed by atoms with Crippen molar-refractivity contribution in [2.45, 2.75) is 36.8 Å². The summed E-state index contributed by atoms with van der Waals surface area (Å²) in [4.78, 5) is 10.7. The minimum Gasteiger partial charge on any atom is -0.478 e. The van der Waals surface area contributed by atoms with Crippen LogP contribution in [0.25, 0.3) is 0 Å². The topological polar surface area (TPSA) is 92.7 Å². The molecule has 2 unspecified atom stereocenters. The highest BCUT2D eigenvalue weighted by atomic mass is 35.5. The Hall–Kier alpha value is -1.15. The number of rotatable bonds is 4. The maximum absolute atomic E-state index is 12.5. The van der Waals surface area contributed by atoms with Crippen LogP contribution in [-0.4, -0.2) is 37.7 Å². The van der Waals surface area contributed by atoms with Crippen molar-refractivity contribution in [1.29, 1.82) is 0 Å². The third-order valence-electron chi connectivity index (χ3n) is 3.72. The Labute approximate surface area is 128 Å². The zero-order chi connectivity index (χ0) is 15.8. The van der Waals surface area contributed by atoms with E-state index < -0.39 is 21.5 Å². The van der Waals surface area contributed by atoms with E-state index in [9.17, 15) is 13.2 Å². The minimum absolute atomic E-state index is 0.0253. The first-order valence-electron chi connectivity index (χ1n) is 6.34. The Kier molecular flexibility index (Phi) is 4.30. The highest BCUT2D eigenvalue weighted by molar-refractivity contribution is 7.89. The third-order valence-corrected chi connectivity index (χ3v) is 5.82. The molecule has 0 amide bonds. The highest BCUT2D eigenvalue weighted by Gasteiger charge is 2.41. The molecule has 2 N–H and O–H groups in total. The van der Waals surface area contributed by atoms with Gasteiger partial charge in [-0.2, -0.15) is 0 Å². The Bertz CT molecular complexity index is 675. The fourth-order valence-electron chi connectivity index (χ4n) is 2.17. The van der Waals surface area contributed by atoms with Crippen LogP contribution in [-0.2, 0) is 14.8 Å². The van der Waals surface area contributed by atoms with Crippen LogP contribution < -0.4 is 4.72 Å². The van der Waals surface area contributed by atoms with Crippen LogP contribution in [0.2, 0.25) is 5.02 Å². The monoisotopic (exact) mass is 333 g/mol. The molecule has 0 saturated carbocycles. The lowest BCUT2D eigenvalue weighted by Crippen LogP contribution is -2.50. The molecule has 1 saturated heterocycles. The van der Waals surface area contributed by atoms with Crippen LogP contribution in [0.3, 0.4) is 0 Å². The number of carboxylic acid groups (broad SMARTS) is 1. The first kappa shape index (κ1) is 16.2. The van der Waals surface area contributed by atoms with Crippen molar-refractivity contribution in [3.63, 3.8) is 0 Å². The Morgan fingerprint density at radius 3 is 2.71 bits per heavy atom. The molecule has 1 fully saturated rings. The lowest BCUT2D eigenvalue weighted by Gasteiger charge is -2.28. The zero-order valence-electron chi connectivity index (χ0n) is 11.6. The third kappa shape index (κ3) is 3.21. The van der Waals surface area contributed by atoms with Gasteiger partial charge >= 0.3 is 5.97 Å². The summed E-state index contributed by atoms with van der Waals surface area (Å²) in [6.07, 6.45) is 0.248. The number of aromatic carboxylic acids is 1. The summed E-state index contributed by atoms with van der Waals surface area (Å²) < 4.78 is 32.9. The van der Waals surface area contributed by atoms with Crippen molar-refractivity contribution in [2.24, 2.45) is 0 Å². The summed E-state index contributed by atoms with van der Waals surface area (Å²) in [6.45, 7) is 3.99. The van der Waals surface area contributed by atoms with E-state index in [4.69, 9.17) is 21.4 Å². The van der Waals surface area contributed by atoms with Gasteiger partial charge in [-0.15, -0.1) is 0 Å². The van der Waals surface area contributed by atoms with E-state index in [0.717, 1.165) is 6.07 Å². The lowest BCUT2D eigenvalue weighted by molar-refractivity contribution is 0.0696. The molecule has 21 heavy (non-hydrogen) atoms. The van der Waals surface area contributed by atoms with Gasteiger partial charge in [0, 0.05) is 6.61 Å². The SMILES string of the molecule is CC1OCCC1(C)NS(=O)(=O)c1cc(C(=O)O)ccc1Cl. The van der Waals surface area contributed by atoms with Crippen LogP contribution in [0, 0.1) is 0 Å². The molecule has 8 heteroatoms. The van der Waals surface area contributed by atoms with E-state index >= 15 is 0 Å². The molecule has 1 heterocycles. The van der Waals surface area contributed by atoms with Gasteiger partial charge in [0.1, 0.15) is 4.90 Å². The number of halogens is 1.